The summed E-state index contributed by atoms with van der Waals surface area (Å²) in [5.74, 6) is 0. The number of amides is 2. The zero-order chi connectivity index (χ0) is 13.4. The maximum atomic E-state index is 10.4. The maximum absolute atomic E-state index is 10.4. The third-order valence-electron chi connectivity index (χ3n) is 1.37. The molecule has 0 saturated heterocycles. The molecule has 1 rings (SSSR count). The molecular formula is C10H21Cl2N4NaO3S. The normalized spacial score (nSPS) is 10.5. The maximum Gasteiger partial charge on any atom is 1.00 e. The Labute approximate surface area is 164 Å². The second-order valence-corrected chi connectivity index (χ2v) is 2.76. The first-order chi connectivity index (χ1) is 8.22. The van der Waals surface area contributed by atoms with Crippen LogP contribution in [0, 0.1) is 0 Å². The van der Waals surface area contributed by atoms with E-state index < -0.39 is 0 Å². The molecule has 0 aliphatic carbocycles. The van der Waals surface area contributed by atoms with Crippen molar-refractivity contribution < 1.29 is 44.6 Å². The van der Waals surface area contributed by atoms with Crippen LogP contribution in [-0.4, -0.2) is 42.9 Å². The fourth-order valence-electron chi connectivity index (χ4n) is 0.725. The molecule has 0 aromatic carbocycles. The number of hydrogen-bond donors (Lipinski definition) is 4. The Morgan fingerprint density at radius 1 is 1.14 bits per heavy atom. The number of nitrogens with two attached hydrogens (primary N) is 2. The average molecular weight is 371 g/mol. The summed E-state index contributed by atoms with van der Waals surface area (Å²) >= 11 is 3.59. The van der Waals surface area contributed by atoms with Gasteiger partial charge in [-0.05, 0) is 0 Å². The Bertz CT molecular complexity index is 273. The number of thiocarbonyl (C=S) groups is 1. The van der Waals surface area contributed by atoms with Gasteiger partial charge in [0, 0.05) is 38.4 Å². The van der Waals surface area contributed by atoms with Gasteiger partial charge in [-0.1, -0.05) is 24.3 Å². The topological polar surface area (TPSA) is 140 Å². The van der Waals surface area contributed by atoms with E-state index >= 15 is 0 Å². The van der Waals surface area contributed by atoms with Crippen molar-refractivity contribution >= 4 is 48.3 Å². The Hall–Kier alpha value is 0.01000. The van der Waals surface area contributed by atoms with Gasteiger partial charge in [-0.3, -0.25) is 0 Å². The number of carbonyl (C=O) groups excluding carboxylic acids is 2. The van der Waals surface area contributed by atoms with E-state index in [1.54, 1.807) is 0 Å². The summed E-state index contributed by atoms with van der Waals surface area (Å²) in [6, 6.07) is -0.0880. The number of nitrogens with one attached hydrogen (secondary N) is 2. The predicted molar refractivity (Wildman–Crippen MR) is 87.5 cm³/mol. The van der Waals surface area contributed by atoms with Gasteiger partial charge in [0.25, 0.3) is 0 Å². The molecule has 11 heteroatoms. The first-order valence-electron chi connectivity index (χ1n) is 4.94. The first kappa shape index (κ1) is 37.3. The fourth-order valence-corrected chi connectivity index (χ4v) is 0.725. The predicted octanol–water partition coefficient (Wildman–Crippen LogP) is -2.76. The van der Waals surface area contributed by atoms with E-state index in [1.807, 2.05) is 24.3 Å². The summed E-state index contributed by atoms with van der Waals surface area (Å²) < 4.78 is 0. The van der Waals surface area contributed by atoms with Crippen LogP contribution in [0.4, 0.5) is 4.79 Å². The number of hydrogen-bond acceptors (Lipinski definition) is 6. The molecule has 2 amide bonds. The van der Waals surface area contributed by atoms with Crippen LogP contribution in [0.3, 0.4) is 0 Å². The SMILES string of the molecule is Cl.Cl.NC/C=C\CN.O=C1NCC=CCN1.O=C=S.[Na+].[OH-]. The summed E-state index contributed by atoms with van der Waals surface area (Å²) in [5.41, 5.74) is 10.1. The van der Waals surface area contributed by atoms with Crippen LogP contribution in [0.15, 0.2) is 24.3 Å². The summed E-state index contributed by atoms with van der Waals surface area (Å²) in [4.78, 5) is 18.9. The van der Waals surface area contributed by atoms with E-state index in [-0.39, 0.29) is 65.9 Å². The van der Waals surface area contributed by atoms with Gasteiger partial charge in [-0.25, -0.2) is 9.59 Å². The van der Waals surface area contributed by atoms with Gasteiger partial charge >= 0.3 is 35.6 Å². The third-order valence-corrected chi connectivity index (χ3v) is 1.37. The van der Waals surface area contributed by atoms with Gasteiger partial charge in [0.05, 0.1) is 0 Å². The molecule has 0 bridgehead atoms. The molecule has 0 saturated carbocycles. The van der Waals surface area contributed by atoms with E-state index in [4.69, 9.17) is 16.3 Å². The van der Waals surface area contributed by atoms with Gasteiger partial charge in [0.15, 0.2) is 0 Å². The molecule has 21 heavy (non-hydrogen) atoms. The van der Waals surface area contributed by atoms with Crippen molar-refractivity contribution in [3.8, 4) is 0 Å². The zero-order valence-corrected chi connectivity index (χ0v) is 16.2. The standard InChI is InChI=1S/C5H8N2O.C4H10N2.COS.2ClH.Na.H2O/c8-5-6-3-1-2-4-7-5;5-3-1-2-4-6;2-1-3;;;;/h1-2H,3-4H2,(H2,6,7,8);1-2H,3-6H2;;2*1H;;1H2/q;;;;;+1;/p-1/b;2-1-;;;;;. The van der Waals surface area contributed by atoms with Crippen LogP contribution >= 0.6 is 37.0 Å². The Morgan fingerprint density at radius 2 is 1.43 bits per heavy atom. The van der Waals surface area contributed by atoms with E-state index in [0.717, 1.165) is 5.23 Å². The van der Waals surface area contributed by atoms with Crippen LogP contribution in [0.25, 0.3) is 0 Å². The molecule has 0 radical (unpaired) electrons. The van der Waals surface area contributed by atoms with Crippen LogP contribution < -0.4 is 51.7 Å². The second kappa shape index (κ2) is 36.8. The van der Waals surface area contributed by atoms with Crippen molar-refractivity contribution in [2.24, 2.45) is 11.5 Å². The molecule has 0 spiro atoms. The van der Waals surface area contributed by atoms with Gasteiger partial charge in [-0.15, -0.1) is 24.8 Å². The number of urea groups is 1. The molecule has 1 heterocycles. The monoisotopic (exact) mass is 370 g/mol. The van der Waals surface area contributed by atoms with E-state index in [0.29, 0.717) is 26.2 Å². The van der Waals surface area contributed by atoms with Gasteiger partial charge in [0.2, 0.25) is 5.23 Å². The fraction of sp³-hybridized carbons (Fsp3) is 0.400. The van der Waals surface area contributed by atoms with Crippen molar-refractivity contribution in [1.82, 2.24) is 10.6 Å². The first-order valence-corrected chi connectivity index (χ1v) is 5.34. The summed E-state index contributed by atoms with van der Waals surface area (Å²) in [7, 11) is 0. The van der Waals surface area contributed by atoms with Crippen LogP contribution in [0.2, 0.25) is 0 Å². The Balaban J connectivity index is -0.0000000397. The molecule has 7 nitrogen and oxygen atoms in total. The summed E-state index contributed by atoms with van der Waals surface area (Å²) in [6.07, 6.45) is 7.50. The van der Waals surface area contributed by atoms with Crippen LogP contribution in [0.1, 0.15) is 0 Å². The minimum absolute atomic E-state index is 0. The number of rotatable bonds is 2. The van der Waals surface area contributed by atoms with E-state index in [2.05, 4.69) is 22.9 Å². The second-order valence-electron chi connectivity index (χ2n) is 2.59. The van der Waals surface area contributed by atoms with E-state index in [1.165, 1.54) is 0 Å². The quantitative estimate of drug-likeness (QED) is 0.235. The molecule has 120 valence electrons. The van der Waals surface area contributed by atoms with Gasteiger partial charge < -0.3 is 27.6 Å². The molecule has 0 unspecified atom stereocenters. The number of halogens is 2. The Kier molecular flexibility index (Phi) is 65.5. The molecule has 0 fully saturated rings. The zero-order valence-electron chi connectivity index (χ0n) is 11.8. The average Bonchev–Trinajstić information content (AvgIpc) is 2.56. The molecule has 1 aliphatic heterocycles. The van der Waals surface area contributed by atoms with Crippen LogP contribution in [-0.2, 0) is 4.79 Å². The summed E-state index contributed by atoms with van der Waals surface area (Å²) in [5, 5.41) is 6.30. The molecule has 7 N–H and O–H groups in total. The van der Waals surface area contributed by atoms with E-state index in [9.17, 15) is 4.79 Å². The van der Waals surface area contributed by atoms with Crippen molar-refractivity contribution in [2.75, 3.05) is 26.2 Å². The van der Waals surface area contributed by atoms with Crippen molar-refractivity contribution in [2.45, 2.75) is 0 Å². The van der Waals surface area contributed by atoms with Gasteiger partial charge in [0.1, 0.15) is 0 Å². The van der Waals surface area contributed by atoms with Crippen molar-refractivity contribution in [3.05, 3.63) is 24.3 Å². The molecule has 1 aliphatic rings. The number of carbonyl (C=O) groups is 1. The van der Waals surface area contributed by atoms with Crippen molar-refractivity contribution in [3.63, 3.8) is 0 Å². The summed E-state index contributed by atoms with van der Waals surface area (Å²) in [6.45, 7) is 2.48. The minimum Gasteiger partial charge on any atom is -0.870 e. The smallest absolute Gasteiger partial charge is 0.870 e. The van der Waals surface area contributed by atoms with Crippen molar-refractivity contribution in [1.29, 1.82) is 0 Å². The third kappa shape index (κ3) is 45.0. The Morgan fingerprint density at radius 3 is 1.67 bits per heavy atom. The minimum atomic E-state index is -0.0880. The van der Waals surface area contributed by atoms with Crippen LogP contribution in [0.5, 0.6) is 0 Å². The molecule has 0 aromatic rings. The largest absolute Gasteiger partial charge is 1.00 e. The molecule has 0 atom stereocenters. The van der Waals surface area contributed by atoms with Gasteiger partial charge in [-0.2, -0.15) is 0 Å². The molecular weight excluding hydrogens is 350 g/mol. The molecule has 0 aromatic heterocycles.